The molecule has 0 atom stereocenters. The maximum Gasteiger partial charge on any atom is 0.127 e. The summed E-state index contributed by atoms with van der Waals surface area (Å²) in [6.45, 7) is 7.90. The number of piperazine rings is 1. The molecule has 5 nitrogen and oxygen atoms in total. The van der Waals surface area contributed by atoms with E-state index in [-0.39, 0.29) is 0 Å². The zero-order valence-electron chi connectivity index (χ0n) is 13.0. The second-order valence-electron chi connectivity index (χ2n) is 5.81. The van der Waals surface area contributed by atoms with E-state index in [0.717, 1.165) is 50.3 Å². The molecule has 0 saturated carbocycles. The van der Waals surface area contributed by atoms with Crippen LogP contribution in [0.4, 0.5) is 0 Å². The maximum absolute atomic E-state index is 5.48. The molecule has 1 N–H and O–H groups in total. The molecule has 3 rings (SSSR count). The molecular formula is C16H25N3O2. The van der Waals surface area contributed by atoms with Crippen molar-refractivity contribution in [2.24, 2.45) is 0 Å². The van der Waals surface area contributed by atoms with Crippen molar-refractivity contribution in [1.29, 1.82) is 0 Å². The third-order valence-electron chi connectivity index (χ3n) is 4.49. The standard InChI is InChI=1S/C16H25N3O2/c1-20-15-4-3-13(16(9-15)21-2)10-18-11-14(12-18)19-7-5-17-6-8-19/h3-4,9,14,17H,5-8,10-12H2,1-2H3. The van der Waals surface area contributed by atoms with Gasteiger partial charge in [-0.2, -0.15) is 0 Å². The topological polar surface area (TPSA) is 37.0 Å². The van der Waals surface area contributed by atoms with E-state index in [2.05, 4.69) is 21.2 Å². The van der Waals surface area contributed by atoms with Gasteiger partial charge < -0.3 is 14.8 Å². The number of hydrogen-bond donors (Lipinski definition) is 1. The fraction of sp³-hybridized carbons (Fsp3) is 0.625. The molecule has 2 aliphatic rings. The second kappa shape index (κ2) is 6.64. The van der Waals surface area contributed by atoms with Crippen LogP contribution in [0.15, 0.2) is 18.2 Å². The molecule has 0 aliphatic carbocycles. The third-order valence-corrected chi connectivity index (χ3v) is 4.49. The van der Waals surface area contributed by atoms with E-state index in [1.807, 2.05) is 12.1 Å². The molecule has 1 aromatic rings. The normalized spacial score (nSPS) is 21.0. The fourth-order valence-electron chi connectivity index (χ4n) is 3.17. The van der Waals surface area contributed by atoms with Crippen LogP contribution >= 0.6 is 0 Å². The van der Waals surface area contributed by atoms with E-state index in [0.29, 0.717) is 0 Å². The van der Waals surface area contributed by atoms with E-state index in [9.17, 15) is 0 Å². The molecule has 1 aromatic carbocycles. The van der Waals surface area contributed by atoms with E-state index >= 15 is 0 Å². The van der Waals surface area contributed by atoms with Gasteiger partial charge in [-0.15, -0.1) is 0 Å². The number of likely N-dealkylation sites (tertiary alicyclic amines) is 1. The van der Waals surface area contributed by atoms with Crippen molar-refractivity contribution in [2.75, 3.05) is 53.5 Å². The highest BCUT2D eigenvalue weighted by Gasteiger charge is 2.32. The van der Waals surface area contributed by atoms with Crippen LogP contribution in [0.1, 0.15) is 5.56 Å². The molecule has 0 bridgehead atoms. The van der Waals surface area contributed by atoms with Crippen LogP contribution in [0.5, 0.6) is 11.5 Å². The summed E-state index contributed by atoms with van der Waals surface area (Å²) in [5.41, 5.74) is 1.23. The largest absolute Gasteiger partial charge is 0.497 e. The Balaban J connectivity index is 1.54. The fourth-order valence-corrected chi connectivity index (χ4v) is 3.17. The number of nitrogens with one attached hydrogen (secondary N) is 1. The quantitative estimate of drug-likeness (QED) is 0.868. The van der Waals surface area contributed by atoms with Crippen LogP contribution in [0.3, 0.4) is 0 Å². The zero-order chi connectivity index (χ0) is 14.7. The van der Waals surface area contributed by atoms with Gasteiger partial charge in [0, 0.05) is 63.5 Å². The molecule has 0 unspecified atom stereocenters. The predicted molar refractivity (Wildman–Crippen MR) is 83.1 cm³/mol. The van der Waals surface area contributed by atoms with Crippen molar-refractivity contribution in [3.63, 3.8) is 0 Å². The molecule has 0 aromatic heterocycles. The number of methoxy groups -OCH3 is 2. The Morgan fingerprint density at radius 2 is 1.90 bits per heavy atom. The lowest BCUT2D eigenvalue weighted by Crippen LogP contribution is -2.62. The van der Waals surface area contributed by atoms with Crippen molar-refractivity contribution in [3.8, 4) is 11.5 Å². The van der Waals surface area contributed by atoms with Gasteiger partial charge >= 0.3 is 0 Å². The van der Waals surface area contributed by atoms with Gasteiger partial charge in [-0.05, 0) is 6.07 Å². The first-order chi connectivity index (χ1) is 10.3. The molecule has 2 aliphatic heterocycles. The van der Waals surface area contributed by atoms with Gasteiger partial charge in [-0.1, -0.05) is 6.07 Å². The Kier molecular flexibility index (Phi) is 4.63. The van der Waals surface area contributed by atoms with Crippen LogP contribution in [-0.2, 0) is 6.54 Å². The minimum Gasteiger partial charge on any atom is -0.497 e. The molecule has 2 fully saturated rings. The number of nitrogens with zero attached hydrogens (tertiary/aromatic N) is 2. The Hall–Kier alpha value is -1.30. The maximum atomic E-state index is 5.48. The van der Waals surface area contributed by atoms with Gasteiger partial charge in [0.15, 0.2) is 0 Å². The Bertz CT molecular complexity index is 469. The minimum atomic E-state index is 0.733. The van der Waals surface area contributed by atoms with Gasteiger partial charge in [0.2, 0.25) is 0 Å². The lowest BCUT2D eigenvalue weighted by molar-refractivity contribution is 0.0219. The number of rotatable bonds is 5. The molecule has 116 valence electrons. The third kappa shape index (κ3) is 3.31. The monoisotopic (exact) mass is 291 g/mol. The van der Waals surface area contributed by atoms with E-state index in [1.54, 1.807) is 14.2 Å². The summed E-state index contributed by atoms with van der Waals surface area (Å²) in [5, 5.41) is 3.41. The van der Waals surface area contributed by atoms with E-state index in [1.165, 1.54) is 18.7 Å². The molecule has 2 saturated heterocycles. The zero-order valence-corrected chi connectivity index (χ0v) is 13.0. The number of ether oxygens (including phenoxy) is 2. The molecule has 0 spiro atoms. The molecule has 0 radical (unpaired) electrons. The smallest absolute Gasteiger partial charge is 0.127 e. The molecule has 21 heavy (non-hydrogen) atoms. The van der Waals surface area contributed by atoms with Crippen LogP contribution in [0.25, 0.3) is 0 Å². The van der Waals surface area contributed by atoms with Crippen molar-refractivity contribution in [3.05, 3.63) is 23.8 Å². The van der Waals surface area contributed by atoms with E-state index in [4.69, 9.17) is 9.47 Å². The lowest BCUT2D eigenvalue weighted by atomic mass is 10.0. The van der Waals surface area contributed by atoms with Crippen LogP contribution in [0, 0.1) is 0 Å². The summed E-state index contributed by atoms with van der Waals surface area (Å²) >= 11 is 0. The number of hydrogen-bond acceptors (Lipinski definition) is 5. The summed E-state index contributed by atoms with van der Waals surface area (Å²) in [6.07, 6.45) is 0. The van der Waals surface area contributed by atoms with Gasteiger partial charge in [0.05, 0.1) is 14.2 Å². The molecular weight excluding hydrogens is 266 g/mol. The van der Waals surface area contributed by atoms with Gasteiger partial charge in [0.25, 0.3) is 0 Å². The van der Waals surface area contributed by atoms with E-state index < -0.39 is 0 Å². The van der Waals surface area contributed by atoms with Gasteiger partial charge in [-0.3, -0.25) is 9.80 Å². The van der Waals surface area contributed by atoms with Crippen molar-refractivity contribution < 1.29 is 9.47 Å². The molecule has 5 heteroatoms. The Labute approximate surface area is 126 Å². The first-order valence-electron chi connectivity index (χ1n) is 7.68. The first-order valence-corrected chi connectivity index (χ1v) is 7.68. The van der Waals surface area contributed by atoms with Crippen LogP contribution in [0.2, 0.25) is 0 Å². The van der Waals surface area contributed by atoms with Gasteiger partial charge in [-0.25, -0.2) is 0 Å². The summed E-state index contributed by atoms with van der Waals surface area (Å²) in [6, 6.07) is 6.81. The summed E-state index contributed by atoms with van der Waals surface area (Å²) in [7, 11) is 3.40. The first kappa shape index (κ1) is 14.6. The SMILES string of the molecule is COc1ccc(CN2CC(N3CCNCC3)C2)c(OC)c1. The highest BCUT2D eigenvalue weighted by Crippen LogP contribution is 2.27. The second-order valence-corrected chi connectivity index (χ2v) is 5.81. The lowest BCUT2D eigenvalue weighted by Gasteiger charge is -2.47. The summed E-state index contributed by atoms with van der Waals surface area (Å²) in [5.74, 6) is 1.76. The minimum absolute atomic E-state index is 0.733. The van der Waals surface area contributed by atoms with Crippen LogP contribution < -0.4 is 14.8 Å². The average Bonchev–Trinajstić information content (AvgIpc) is 2.51. The summed E-state index contributed by atoms with van der Waals surface area (Å²) < 4.78 is 10.7. The van der Waals surface area contributed by atoms with Crippen molar-refractivity contribution in [1.82, 2.24) is 15.1 Å². The number of benzene rings is 1. The average molecular weight is 291 g/mol. The van der Waals surface area contributed by atoms with Gasteiger partial charge in [0.1, 0.15) is 11.5 Å². The molecule has 0 amide bonds. The molecule has 2 heterocycles. The van der Waals surface area contributed by atoms with Crippen LogP contribution in [-0.4, -0.2) is 69.3 Å². The highest BCUT2D eigenvalue weighted by atomic mass is 16.5. The summed E-state index contributed by atoms with van der Waals surface area (Å²) in [4.78, 5) is 5.09. The Morgan fingerprint density at radius 1 is 1.14 bits per heavy atom. The Morgan fingerprint density at radius 3 is 2.57 bits per heavy atom. The predicted octanol–water partition coefficient (Wildman–Crippen LogP) is 0.793. The van der Waals surface area contributed by atoms with Crippen molar-refractivity contribution in [2.45, 2.75) is 12.6 Å². The van der Waals surface area contributed by atoms with Crippen molar-refractivity contribution >= 4 is 0 Å². The highest BCUT2D eigenvalue weighted by molar-refractivity contribution is 5.40.